The first kappa shape index (κ1) is 23.9. The van der Waals surface area contributed by atoms with Crippen LogP contribution in [0.5, 0.6) is 5.75 Å². The highest BCUT2D eigenvalue weighted by Crippen LogP contribution is 2.28. The largest absolute Gasteiger partial charge is 0.495 e. The SMILES string of the molecule is COc1ccc(S(=O)(=O)NC(C)C)cc1NC(=O)CCc1ccc(C(C)(C)C)cc1. The Kier molecular flexibility index (Phi) is 7.66. The standard InChI is InChI=1S/C23H32N2O4S/c1-16(2)25-30(27,28)19-12-13-21(29-6)20(15-19)24-22(26)14-9-17-7-10-18(11-8-17)23(3,4)5/h7-8,10-13,15-16,25H,9,14H2,1-6H3,(H,24,26). The number of benzene rings is 2. The minimum absolute atomic E-state index is 0.0741. The lowest BCUT2D eigenvalue weighted by molar-refractivity contribution is -0.116. The second-order valence-corrected chi connectivity index (χ2v) is 10.3. The van der Waals surface area contributed by atoms with E-state index in [1.807, 2.05) is 12.1 Å². The Hall–Kier alpha value is -2.38. The van der Waals surface area contributed by atoms with Crippen molar-refractivity contribution in [2.75, 3.05) is 12.4 Å². The summed E-state index contributed by atoms with van der Waals surface area (Å²) in [4.78, 5) is 12.6. The van der Waals surface area contributed by atoms with E-state index in [1.165, 1.54) is 30.9 Å². The molecule has 0 aromatic heterocycles. The summed E-state index contributed by atoms with van der Waals surface area (Å²) in [6, 6.07) is 12.4. The zero-order valence-corrected chi connectivity index (χ0v) is 19.4. The fraction of sp³-hybridized carbons (Fsp3) is 0.435. The maximum Gasteiger partial charge on any atom is 0.240 e. The molecule has 0 unspecified atom stereocenters. The molecule has 0 spiro atoms. The summed E-state index contributed by atoms with van der Waals surface area (Å²) in [5.74, 6) is 0.195. The summed E-state index contributed by atoms with van der Waals surface area (Å²) in [6.07, 6.45) is 0.866. The zero-order chi connectivity index (χ0) is 22.5. The molecule has 1 amide bonds. The first-order valence-corrected chi connectivity index (χ1v) is 11.5. The molecule has 0 radical (unpaired) electrons. The topological polar surface area (TPSA) is 84.5 Å². The van der Waals surface area contributed by atoms with Gasteiger partial charge in [0.05, 0.1) is 17.7 Å². The predicted octanol–water partition coefficient (Wildman–Crippen LogP) is 4.25. The highest BCUT2D eigenvalue weighted by molar-refractivity contribution is 7.89. The van der Waals surface area contributed by atoms with Crippen molar-refractivity contribution in [2.45, 2.75) is 63.8 Å². The Morgan fingerprint density at radius 2 is 1.70 bits per heavy atom. The fourth-order valence-electron chi connectivity index (χ4n) is 2.97. The van der Waals surface area contributed by atoms with E-state index >= 15 is 0 Å². The molecule has 2 N–H and O–H groups in total. The van der Waals surface area contributed by atoms with Crippen molar-refractivity contribution in [3.63, 3.8) is 0 Å². The average molecular weight is 433 g/mol. The van der Waals surface area contributed by atoms with Gasteiger partial charge in [0.15, 0.2) is 0 Å². The summed E-state index contributed by atoms with van der Waals surface area (Å²) in [7, 11) is -2.20. The Balaban J connectivity index is 2.09. The van der Waals surface area contributed by atoms with Gasteiger partial charge in [-0.2, -0.15) is 0 Å². The van der Waals surface area contributed by atoms with Crippen LogP contribution in [0.1, 0.15) is 52.2 Å². The highest BCUT2D eigenvalue weighted by Gasteiger charge is 2.18. The van der Waals surface area contributed by atoms with Crippen LogP contribution in [0.15, 0.2) is 47.4 Å². The summed E-state index contributed by atoms with van der Waals surface area (Å²) in [5, 5.41) is 2.78. The van der Waals surface area contributed by atoms with Gasteiger partial charge in [0, 0.05) is 12.5 Å². The van der Waals surface area contributed by atoms with Gasteiger partial charge >= 0.3 is 0 Å². The van der Waals surface area contributed by atoms with Gasteiger partial charge in [0.2, 0.25) is 15.9 Å². The number of anilines is 1. The molecule has 0 bridgehead atoms. The average Bonchev–Trinajstić information content (AvgIpc) is 2.65. The number of amides is 1. The van der Waals surface area contributed by atoms with Gasteiger partial charge in [-0.15, -0.1) is 0 Å². The molecule has 2 aromatic carbocycles. The third kappa shape index (κ3) is 6.57. The van der Waals surface area contributed by atoms with Crippen LogP contribution in [0.4, 0.5) is 5.69 Å². The summed E-state index contributed by atoms with van der Waals surface area (Å²) in [6.45, 7) is 9.98. The number of methoxy groups -OCH3 is 1. The van der Waals surface area contributed by atoms with Crippen LogP contribution in [0, 0.1) is 0 Å². The van der Waals surface area contributed by atoms with Crippen LogP contribution in [0.2, 0.25) is 0 Å². The maximum atomic E-state index is 12.5. The van der Waals surface area contributed by atoms with E-state index in [0.29, 0.717) is 17.9 Å². The van der Waals surface area contributed by atoms with Gasteiger partial charge in [-0.1, -0.05) is 45.0 Å². The van der Waals surface area contributed by atoms with Gasteiger partial charge in [0.1, 0.15) is 5.75 Å². The van der Waals surface area contributed by atoms with E-state index in [0.717, 1.165) is 5.56 Å². The lowest BCUT2D eigenvalue weighted by Gasteiger charge is -2.19. The van der Waals surface area contributed by atoms with E-state index in [4.69, 9.17) is 4.74 Å². The predicted molar refractivity (Wildman–Crippen MR) is 121 cm³/mol. The van der Waals surface area contributed by atoms with Crippen LogP contribution < -0.4 is 14.8 Å². The molecule has 7 heteroatoms. The minimum Gasteiger partial charge on any atom is -0.495 e. The quantitative estimate of drug-likeness (QED) is 0.653. The molecule has 0 saturated carbocycles. The van der Waals surface area contributed by atoms with Crippen molar-refractivity contribution in [3.8, 4) is 5.75 Å². The Morgan fingerprint density at radius 1 is 1.07 bits per heavy atom. The van der Waals surface area contributed by atoms with Crippen molar-refractivity contribution in [3.05, 3.63) is 53.6 Å². The van der Waals surface area contributed by atoms with Crippen molar-refractivity contribution >= 4 is 21.6 Å². The van der Waals surface area contributed by atoms with Crippen molar-refractivity contribution in [1.29, 1.82) is 0 Å². The van der Waals surface area contributed by atoms with Gasteiger partial charge in [-0.3, -0.25) is 4.79 Å². The lowest BCUT2D eigenvalue weighted by Crippen LogP contribution is -2.30. The van der Waals surface area contributed by atoms with Crippen LogP contribution in [0.25, 0.3) is 0 Å². The third-order valence-electron chi connectivity index (χ3n) is 4.61. The number of sulfonamides is 1. The molecular weight excluding hydrogens is 400 g/mol. The van der Waals surface area contributed by atoms with Gasteiger partial charge < -0.3 is 10.1 Å². The first-order chi connectivity index (χ1) is 13.9. The summed E-state index contributed by atoms with van der Waals surface area (Å²) < 4.78 is 32.7. The molecule has 164 valence electrons. The number of rotatable bonds is 8. The third-order valence-corrected chi connectivity index (χ3v) is 6.26. The van der Waals surface area contributed by atoms with Crippen molar-refractivity contribution < 1.29 is 17.9 Å². The van der Waals surface area contributed by atoms with Gasteiger partial charge in [0.25, 0.3) is 0 Å². The number of hydrogen-bond donors (Lipinski definition) is 2. The van der Waals surface area contributed by atoms with E-state index in [1.54, 1.807) is 13.8 Å². The molecule has 0 aliphatic rings. The molecule has 30 heavy (non-hydrogen) atoms. The Labute approximate surface area is 180 Å². The molecule has 0 heterocycles. The normalized spacial score (nSPS) is 12.1. The number of hydrogen-bond acceptors (Lipinski definition) is 4. The smallest absolute Gasteiger partial charge is 0.240 e. The molecule has 0 atom stereocenters. The second-order valence-electron chi connectivity index (χ2n) is 8.63. The molecule has 0 fully saturated rings. The zero-order valence-electron chi connectivity index (χ0n) is 18.6. The Morgan fingerprint density at radius 3 is 2.23 bits per heavy atom. The van der Waals surface area contributed by atoms with E-state index in [-0.39, 0.29) is 28.7 Å². The molecule has 6 nitrogen and oxygen atoms in total. The maximum absolute atomic E-state index is 12.5. The van der Waals surface area contributed by atoms with E-state index < -0.39 is 10.0 Å². The van der Waals surface area contributed by atoms with Crippen LogP contribution in [-0.4, -0.2) is 27.5 Å². The van der Waals surface area contributed by atoms with Crippen molar-refractivity contribution in [1.82, 2.24) is 4.72 Å². The van der Waals surface area contributed by atoms with Crippen molar-refractivity contribution in [2.24, 2.45) is 0 Å². The summed E-state index contributed by atoms with van der Waals surface area (Å²) >= 11 is 0. The molecule has 0 aliphatic carbocycles. The number of ether oxygens (including phenoxy) is 1. The molecule has 2 aromatic rings. The van der Waals surface area contributed by atoms with E-state index in [9.17, 15) is 13.2 Å². The number of carbonyl (C=O) groups excluding carboxylic acids is 1. The molecular formula is C23H32N2O4S. The highest BCUT2D eigenvalue weighted by atomic mass is 32.2. The van der Waals surface area contributed by atoms with E-state index in [2.05, 4.69) is 42.9 Å². The van der Waals surface area contributed by atoms with Crippen LogP contribution >= 0.6 is 0 Å². The van der Waals surface area contributed by atoms with Gasteiger partial charge in [-0.05, 0) is 55.0 Å². The van der Waals surface area contributed by atoms with Crippen LogP contribution in [-0.2, 0) is 26.7 Å². The van der Waals surface area contributed by atoms with Gasteiger partial charge in [-0.25, -0.2) is 13.1 Å². The number of carbonyl (C=O) groups is 1. The fourth-order valence-corrected chi connectivity index (χ4v) is 4.25. The summed E-state index contributed by atoms with van der Waals surface area (Å²) in [5.41, 5.74) is 2.73. The number of aryl methyl sites for hydroxylation is 1. The Bertz CT molecular complexity index is 975. The monoisotopic (exact) mass is 432 g/mol. The van der Waals surface area contributed by atoms with Crippen LogP contribution in [0.3, 0.4) is 0 Å². The minimum atomic E-state index is -3.67. The molecule has 0 saturated heterocycles. The first-order valence-electron chi connectivity index (χ1n) is 10.0. The molecule has 2 rings (SSSR count). The number of nitrogens with one attached hydrogen (secondary N) is 2. The lowest BCUT2D eigenvalue weighted by atomic mass is 9.86. The molecule has 0 aliphatic heterocycles. The second kappa shape index (κ2) is 9.62.